The Bertz CT molecular complexity index is 108. The SMILES string of the molecule is C=C(OCCC)C(C)(C)C. The summed E-state index contributed by atoms with van der Waals surface area (Å²) in [7, 11) is 0. The first-order valence-electron chi connectivity index (χ1n) is 3.80. The summed E-state index contributed by atoms with van der Waals surface area (Å²) in [5.41, 5.74) is 0.0924. The Morgan fingerprint density at radius 3 is 2.20 bits per heavy atom. The highest BCUT2D eigenvalue weighted by Crippen LogP contribution is 2.23. The molecule has 0 amide bonds. The van der Waals surface area contributed by atoms with Crippen LogP contribution in [0.15, 0.2) is 12.3 Å². The van der Waals surface area contributed by atoms with Gasteiger partial charge in [0.2, 0.25) is 0 Å². The first-order valence-corrected chi connectivity index (χ1v) is 3.80. The lowest BCUT2D eigenvalue weighted by molar-refractivity contribution is 0.154. The summed E-state index contributed by atoms with van der Waals surface area (Å²) in [5, 5.41) is 0. The van der Waals surface area contributed by atoms with E-state index in [1.165, 1.54) is 0 Å². The second-order valence-corrected chi connectivity index (χ2v) is 3.52. The molecule has 0 saturated carbocycles. The molecule has 0 aromatic carbocycles. The summed E-state index contributed by atoms with van der Waals surface area (Å²) in [6.07, 6.45) is 1.05. The maximum absolute atomic E-state index is 5.36. The molecule has 1 heteroatoms. The Morgan fingerprint density at radius 2 is 1.90 bits per heavy atom. The van der Waals surface area contributed by atoms with Crippen molar-refractivity contribution in [2.75, 3.05) is 6.61 Å². The Kier molecular flexibility index (Phi) is 3.48. The summed E-state index contributed by atoms with van der Waals surface area (Å²) in [5.74, 6) is 0.884. The highest BCUT2D eigenvalue weighted by atomic mass is 16.5. The average Bonchev–Trinajstić information content (AvgIpc) is 1.80. The van der Waals surface area contributed by atoms with Gasteiger partial charge in [0.15, 0.2) is 0 Å². The van der Waals surface area contributed by atoms with E-state index in [0.29, 0.717) is 0 Å². The number of allylic oxidation sites excluding steroid dienone is 1. The topological polar surface area (TPSA) is 9.23 Å². The van der Waals surface area contributed by atoms with Gasteiger partial charge in [-0.2, -0.15) is 0 Å². The van der Waals surface area contributed by atoms with E-state index in [9.17, 15) is 0 Å². The van der Waals surface area contributed by atoms with E-state index in [-0.39, 0.29) is 5.41 Å². The third-order valence-electron chi connectivity index (χ3n) is 1.32. The van der Waals surface area contributed by atoms with E-state index >= 15 is 0 Å². The summed E-state index contributed by atoms with van der Waals surface area (Å²) >= 11 is 0. The number of rotatable bonds is 3. The fourth-order valence-electron chi connectivity index (χ4n) is 0.442. The minimum absolute atomic E-state index is 0.0924. The van der Waals surface area contributed by atoms with Crippen LogP contribution in [0.2, 0.25) is 0 Å². The highest BCUT2D eigenvalue weighted by molar-refractivity contribution is 4.95. The molecule has 0 rings (SSSR count). The molecule has 0 bridgehead atoms. The molecular formula is C9H18O. The van der Waals surface area contributed by atoms with E-state index in [2.05, 4.69) is 34.3 Å². The predicted octanol–water partition coefficient (Wildman–Crippen LogP) is 2.97. The normalized spacial score (nSPS) is 11.2. The van der Waals surface area contributed by atoms with Crippen LogP contribution in [0.25, 0.3) is 0 Å². The molecule has 0 aliphatic heterocycles. The monoisotopic (exact) mass is 142 g/mol. The van der Waals surface area contributed by atoms with Crippen molar-refractivity contribution in [2.45, 2.75) is 34.1 Å². The smallest absolute Gasteiger partial charge is 0.0941 e. The minimum Gasteiger partial charge on any atom is -0.498 e. The predicted molar refractivity (Wildman–Crippen MR) is 44.8 cm³/mol. The van der Waals surface area contributed by atoms with Crippen molar-refractivity contribution in [1.82, 2.24) is 0 Å². The maximum atomic E-state index is 5.36. The molecule has 0 aromatic heterocycles. The quantitative estimate of drug-likeness (QED) is 0.550. The summed E-state index contributed by atoms with van der Waals surface area (Å²) < 4.78 is 5.36. The van der Waals surface area contributed by atoms with Crippen molar-refractivity contribution >= 4 is 0 Å². The maximum Gasteiger partial charge on any atom is 0.0941 e. The molecular weight excluding hydrogens is 124 g/mol. The second-order valence-electron chi connectivity index (χ2n) is 3.52. The van der Waals surface area contributed by atoms with Gasteiger partial charge in [0.25, 0.3) is 0 Å². The second kappa shape index (κ2) is 3.65. The van der Waals surface area contributed by atoms with E-state index in [1.807, 2.05) is 0 Å². The fraction of sp³-hybridized carbons (Fsp3) is 0.778. The lowest BCUT2D eigenvalue weighted by Crippen LogP contribution is -2.11. The average molecular weight is 142 g/mol. The molecule has 0 heterocycles. The van der Waals surface area contributed by atoms with Crippen molar-refractivity contribution in [3.63, 3.8) is 0 Å². The third-order valence-corrected chi connectivity index (χ3v) is 1.32. The highest BCUT2D eigenvalue weighted by Gasteiger charge is 2.15. The molecule has 0 radical (unpaired) electrons. The Hall–Kier alpha value is -0.460. The molecule has 0 unspecified atom stereocenters. The zero-order chi connectivity index (χ0) is 8.20. The molecule has 0 aliphatic rings. The summed E-state index contributed by atoms with van der Waals surface area (Å²) in [6.45, 7) is 13.0. The van der Waals surface area contributed by atoms with Gasteiger partial charge in [-0.3, -0.25) is 0 Å². The van der Waals surface area contributed by atoms with Crippen molar-refractivity contribution in [3.8, 4) is 0 Å². The van der Waals surface area contributed by atoms with Crippen LogP contribution in [0.3, 0.4) is 0 Å². The van der Waals surface area contributed by atoms with Gasteiger partial charge >= 0.3 is 0 Å². The molecule has 0 spiro atoms. The molecule has 60 valence electrons. The van der Waals surface area contributed by atoms with Gasteiger partial charge in [-0.15, -0.1) is 0 Å². The van der Waals surface area contributed by atoms with Crippen LogP contribution in [0.4, 0.5) is 0 Å². The molecule has 0 fully saturated rings. The molecule has 0 atom stereocenters. The zero-order valence-electron chi connectivity index (χ0n) is 7.53. The molecule has 1 nitrogen and oxygen atoms in total. The molecule has 0 aromatic rings. The van der Waals surface area contributed by atoms with Crippen LogP contribution in [0, 0.1) is 5.41 Å². The number of hydrogen-bond acceptors (Lipinski definition) is 1. The fourth-order valence-corrected chi connectivity index (χ4v) is 0.442. The largest absolute Gasteiger partial charge is 0.498 e. The third kappa shape index (κ3) is 3.54. The Morgan fingerprint density at radius 1 is 1.40 bits per heavy atom. The molecule has 0 aliphatic carbocycles. The zero-order valence-corrected chi connectivity index (χ0v) is 7.53. The van der Waals surface area contributed by atoms with Gasteiger partial charge in [0.1, 0.15) is 0 Å². The molecule has 10 heavy (non-hydrogen) atoms. The standard InChI is InChI=1S/C9H18O/c1-6-7-10-8(2)9(3,4)5/h2,6-7H2,1,3-5H3. The van der Waals surface area contributed by atoms with Gasteiger partial charge < -0.3 is 4.74 Å². The van der Waals surface area contributed by atoms with Crippen LogP contribution in [-0.4, -0.2) is 6.61 Å². The van der Waals surface area contributed by atoms with Gasteiger partial charge in [-0.05, 0) is 6.42 Å². The van der Waals surface area contributed by atoms with E-state index in [4.69, 9.17) is 4.74 Å². The Labute approximate surface area is 64.1 Å². The lowest BCUT2D eigenvalue weighted by atomic mass is 9.95. The van der Waals surface area contributed by atoms with Crippen LogP contribution in [0.5, 0.6) is 0 Å². The first-order chi connectivity index (χ1) is 4.48. The van der Waals surface area contributed by atoms with E-state index in [0.717, 1.165) is 18.8 Å². The van der Waals surface area contributed by atoms with Crippen LogP contribution in [0.1, 0.15) is 34.1 Å². The van der Waals surface area contributed by atoms with Gasteiger partial charge in [-0.1, -0.05) is 34.3 Å². The minimum atomic E-state index is 0.0924. The summed E-state index contributed by atoms with van der Waals surface area (Å²) in [4.78, 5) is 0. The van der Waals surface area contributed by atoms with E-state index in [1.54, 1.807) is 0 Å². The Balaban J connectivity index is 3.64. The summed E-state index contributed by atoms with van der Waals surface area (Å²) in [6, 6.07) is 0. The lowest BCUT2D eigenvalue weighted by Gasteiger charge is -2.21. The van der Waals surface area contributed by atoms with Gasteiger partial charge in [-0.25, -0.2) is 0 Å². The van der Waals surface area contributed by atoms with Gasteiger partial charge in [0, 0.05) is 5.41 Å². The number of ether oxygens (including phenoxy) is 1. The number of hydrogen-bond donors (Lipinski definition) is 0. The van der Waals surface area contributed by atoms with Crippen molar-refractivity contribution < 1.29 is 4.74 Å². The van der Waals surface area contributed by atoms with Crippen LogP contribution < -0.4 is 0 Å². The van der Waals surface area contributed by atoms with E-state index < -0.39 is 0 Å². The van der Waals surface area contributed by atoms with Crippen molar-refractivity contribution in [3.05, 3.63) is 12.3 Å². The van der Waals surface area contributed by atoms with Crippen molar-refractivity contribution in [2.24, 2.45) is 5.41 Å². The van der Waals surface area contributed by atoms with Crippen LogP contribution in [-0.2, 0) is 4.74 Å². The first kappa shape index (κ1) is 9.54. The van der Waals surface area contributed by atoms with Gasteiger partial charge in [0.05, 0.1) is 12.4 Å². The van der Waals surface area contributed by atoms with Crippen molar-refractivity contribution in [1.29, 1.82) is 0 Å². The van der Waals surface area contributed by atoms with Crippen LogP contribution >= 0.6 is 0 Å². The molecule has 0 N–H and O–H groups in total. The molecule has 0 saturated heterocycles.